The number of hydrazone groups is 1. The number of benzene rings is 3. The summed E-state index contributed by atoms with van der Waals surface area (Å²) in [6.45, 7) is 4.14. The lowest BCUT2D eigenvalue weighted by Gasteiger charge is -2.13. The Morgan fingerprint density at radius 3 is 2.34 bits per heavy atom. The van der Waals surface area contributed by atoms with E-state index in [1.165, 1.54) is 19.4 Å². The zero-order chi connectivity index (χ0) is 23.1. The second-order valence-corrected chi connectivity index (χ2v) is 8.79. The van der Waals surface area contributed by atoms with E-state index in [2.05, 4.69) is 9.93 Å². The van der Waals surface area contributed by atoms with Crippen molar-refractivity contribution >= 4 is 16.2 Å². The van der Waals surface area contributed by atoms with Gasteiger partial charge in [-0.25, -0.2) is 0 Å². The first kappa shape index (κ1) is 23.1. The minimum Gasteiger partial charge on any atom is -0.495 e. The molecule has 3 aromatic carbocycles. The monoisotopic (exact) mass is 454 g/mol. The average molecular weight is 455 g/mol. The van der Waals surface area contributed by atoms with Crippen LogP contribution in [0.3, 0.4) is 0 Å². The Bertz CT molecular complexity index is 1220. The summed E-state index contributed by atoms with van der Waals surface area (Å²) in [4.78, 5) is 2.25. The van der Waals surface area contributed by atoms with E-state index >= 15 is 0 Å². The maximum Gasteiger partial charge on any atom is 0.280 e. The van der Waals surface area contributed by atoms with Gasteiger partial charge in [0.25, 0.3) is 10.0 Å². The molecule has 0 fully saturated rings. The van der Waals surface area contributed by atoms with E-state index in [0.29, 0.717) is 23.7 Å². The lowest BCUT2D eigenvalue weighted by molar-refractivity contribution is 0.284. The fourth-order valence-corrected chi connectivity index (χ4v) is 4.16. The molecular weight excluding hydrogens is 428 g/mol. The SMILES string of the molecule is COc1ccc(C)cc1S(=O)(=O)N/N=C/c1cccc(OC)c1OCc1cccc(C)c1. The number of aryl methyl sites for hydroxylation is 2. The Labute approximate surface area is 188 Å². The van der Waals surface area contributed by atoms with Gasteiger partial charge < -0.3 is 14.2 Å². The number of rotatable bonds is 9. The molecule has 0 saturated carbocycles. The van der Waals surface area contributed by atoms with Crippen LogP contribution in [0.1, 0.15) is 22.3 Å². The highest BCUT2D eigenvalue weighted by molar-refractivity contribution is 7.89. The fraction of sp³-hybridized carbons (Fsp3) is 0.208. The molecule has 1 N–H and O–H groups in total. The standard InChI is InChI=1S/C24H26N2O5S/c1-17-7-5-8-19(13-17)16-31-24-20(9-6-10-22(24)30-4)15-25-26-32(27,28)23-14-18(2)11-12-21(23)29-3/h5-15,26H,16H2,1-4H3/b25-15+. The summed E-state index contributed by atoms with van der Waals surface area (Å²) in [6, 6.07) is 18.2. The Hall–Kier alpha value is -3.52. The third kappa shape index (κ3) is 5.59. The van der Waals surface area contributed by atoms with Crippen molar-refractivity contribution in [2.45, 2.75) is 25.3 Å². The number of methoxy groups -OCH3 is 2. The van der Waals surface area contributed by atoms with Crippen LogP contribution in [0.15, 0.2) is 70.7 Å². The second-order valence-electron chi connectivity index (χ2n) is 7.16. The third-order valence-corrected chi connectivity index (χ3v) is 5.92. The largest absolute Gasteiger partial charge is 0.495 e. The topological polar surface area (TPSA) is 86.2 Å². The van der Waals surface area contributed by atoms with E-state index in [1.807, 2.05) is 31.2 Å². The normalized spacial score (nSPS) is 11.4. The molecule has 0 radical (unpaired) electrons. The molecule has 0 bridgehead atoms. The zero-order valence-electron chi connectivity index (χ0n) is 18.5. The fourth-order valence-electron chi connectivity index (χ4n) is 3.12. The Balaban J connectivity index is 1.83. The first-order valence-corrected chi connectivity index (χ1v) is 11.4. The second kappa shape index (κ2) is 10.2. The van der Waals surface area contributed by atoms with Gasteiger partial charge in [0.2, 0.25) is 0 Å². The minimum absolute atomic E-state index is 0.0127. The van der Waals surface area contributed by atoms with E-state index in [1.54, 1.807) is 44.4 Å². The van der Waals surface area contributed by atoms with E-state index in [9.17, 15) is 8.42 Å². The van der Waals surface area contributed by atoms with Crippen molar-refractivity contribution in [3.8, 4) is 17.2 Å². The number of hydrogen-bond donors (Lipinski definition) is 1. The first-order valence-electron chi connectivity index (χ1n) is 9.89. The molecule has 3 rings (SSSR count). The van der Waals surface area contributed by atoms with Gasteiger partial charge in [0, 0.05) is 5.56 Å². The minimum atomic E-state index is -3.93. The van der Waals surface area contributed by atoms with E-state index < -0.39 is 10.0 Å². The number of nitrogens with zero attached hydrogens (tertiary/aromatic N) is 1. The van der Waals surface area contributed by atoms with Gasteiger partial charge in [0.05, 0.1) is 20.4 Å². The van der Waals surface area contributed by atoms with Crippen molar-refractivity contribution in [1.29, 1.82) is 0 Å². The lowest BCUT2D eigenvalue weighted by atomic mass is 10.1. The van der Waals surface area contributed by atoms with Crippen LogP contribution in [0, 0.1) is 13.8 Å². The van der Waals surface area contributed by atoms with Crippen LogP contribution >= 0.6 is 0 Å². The van der Waals surface area contributed by atoms with Crippen LogP contribution in [0.5, 0.6) is 17.2 Å². The number of para-hydroxylation sites is 1. The van der Waals surface area contributed by atoms with Crippen LogP contribution < -0.4 is 19.0 Å². The molecule has 8 heteroatoms. The molecule has 0 aliphatic carbocycles. The van der Waals surface area contributed by atoms with Gasteiger partial charge in [0.15, 0.2) is 11.5 Å². The Kier molecular flexibility index (Phi) is 7.37. The van der Waals surface area contributed by atoms with Crippen LogP contribution in [-0.2, 0) is 16.6 Å². The van der Waals surface area contributed by atoms with Gasteiger partial charge in [-0.2, -0.15) is 18.4 Å². The van der Waals surface area contributed by atoms with Crippen molar-refractivity contribution in [1.82, 2.24) is 4.83 Å². The lowest BCUT2D eigenvalue weighted by Crippen LogP contribution is -2.19. The van der Waals surface area contributed by atoms with Crippen LogP contribution in [0.25, 0.3) is 0 Å². The van der Waals surface area contributed by atoms with Gasteiger partial charge in [-0.15, -0.1) is 0 Å². The number of ether oxygens (including phenoxy) is 3. The van der Waals surface area contributed by atoms with Gasteiger partial charge in [-0.3, -0.25) is 0 Å². The summed E-state index contributed by atoms with van der Waals surface area (Å²) in [5.41, 5.74) is 3.49. The van der Waals surface area contributed by atoms with E-state index in [0.717, 1.165) is 16.7 Å². The molecule has 0 aliphatic heterocycles. The van der Waals surface area contributed by atoms with Crippen molar-refractivity contribution in [2.24, 2.45) is 5.10 Å². The van der Waals surface area contributed by atoms with Crippen molar-refractivity contribution in [3.05, 3.63) is 82.9 Å². The summed E-state index contributed by atoms with van der Waals surface area (Å²) in [6.07, 6.45) is 1.38. The molecule has 3 aromatic rings. The molecule has 0 aromatic heterocycles. The highest BCUT2D eigenvalue weighted by Gasteiger charge is 2.19. The summed E-state index contributed by atoms with van der Waals surface area (Å²) < 4.78 is 42.1. The first-order chi connectivity index (χ1) is 15.3. The van der Waals surface area contributed by atoms with Gasteiger partial charge >= 0.3 is 0 Å². The van der Waals surface area contributed by atoms with Gasteiger partial charge in [-0.1, -0.05) is 42.0 Å². The van der Waals surface area contributed by atoms with Crippen LogP contribution in [0.4, 0.5) is 0 Å². The molecule has 0 atom stereocenters. The molecule has 7 nitrogen and oxygen atoms in total. The smallest absolute Gasteiger partial charge is 0.280 e. The molecular formula is C24H26N2O5S. The molecule has 0 aliphatic rings. The highest BCUT2D eigenvalue weighted by atomic mass is 32.2. The summed E-state index contributed by atoms with van der Waals surface area (Å²) in [7, 11) is -0.967. The number of sulfonamides is 1. The quantitative estimate of drug-likeness (QED) is 0.387. The van der Waals surface area contributed by atoms with E-state index in [4.69, 9.17) is 14.2 Å². The molecule has 32 heavy (non-hydrogen) atoms. The Morgan fingerprint density at radius 1 is 0.906 bits per heavy atom. The van der Waals surface area contributed by atoms with Crippen molar-refractivity contribution in [2.75, 3.05) is 14.2 Å². The molecule has 0 spiro atoms. The molecule has 0 saturated heterocycles. The Morgan fingerprint density at radius 2 is 1.62 bits per heavy atom. The van der Waals surface area contributed by atoms with Crippen LogP contribution in [-0.4, -0.2) is 28.9 Å². The third-order valence-electron chi connectivity index (χ3n) is 4.68. The number of hydrogen-bond acceptors (Lipinski definition) is 6. The predicted molar refractivity (Wildman–Crippen MR) is 124 cm³/mol. The maximum absolute atomic E-state index is 12.7. The highest BCUT2D eigenvalue weighted by Crippen LogP contribution is 2.31. The maximum atomic E-state index is 12.7. The van der Waals surface area contributed by atoms with Crippen molar-refractivity contribution < 1.29 is 22.6 Å². The predicted octanol–water partition coefficient (Wildman–Crippen LogP) is 4.21. The van der Waals surface area contributed by atoms with E-state index in [-0.39, 0.29) is 10.6 Å². The van der Waals surface area contributed by atoms with Crippen molar-refractivity contribution in [3.63, 3.8) is 0 Å². The summed E-state index contributed by atoms with van der Waals surface area (Å²) >= 11 is 0. The molecule has 168 valence electrons. The van der Waals surface area contributed by atoms with Gasteiger partial charge in [0.1, 0.15) is 17.3 Å². The molecule has 0 unspecified atom stereocenters. The molecule has 0 amide bonds. The zero-order valence-corrected chi connectivity index (χ0v) is 19.3. The number of nitrogens with one attached hydrogen (secondary N) is 1. The van der Waals surface area contributed by atoms with Crippen LogP contribution in [0.2, 0.25) is 0 Å². The molecule has 0 heterocycles. The average Bonchev–Trinajstić information content (AvgIpc) is 2.78. The summed E-state index contributed by atoms with van der Waals surface area (Å²) in [5, 5.41) is 3.95. The van der Waals surface area contributed by atoms with Gasteiger partial charge in [-0.05, 0) is 49.2 Å². The summed E-state index contributed by atoms with van der Waals surface area (Å²) in [5.74, 6) is 1.22.